The summed E-state index contributed by atoms with van der Waals surface area (Å²) < 4.78 is 0.799. The van der Waals surface area contributed by atoms with Crippen LogP contribution in [0.3, 0.4) is 0 Å². The first kappa shape index (κ1) is 10.9. The Morgan fingerprint density at radius 2 is 2.00 bits per heavy atom. The zero-order valence-corrected chi connectivity index (χ0v) is 9.40. The van der Waals surface area contributed by atoms with Crippen molar-refractivity contribution in [2.24, 2.45) is 0 Å². The maximum Gasteiger partial charge on any atom is 0.260 e. The average molecular weight is 217 g/mol. The van der Waals surface area contributed by atoms with Gasteiger partial charge in [-0.1, -0.05) is 31.9 Å². The van der Waals surface area contributed by atoms with Gasteiger partial charge in [0.2, 0.25) is 11.4 Å². The van der Waals surface area contributed by atoms with Gasteiger partial charge in [0.25, 0.3) is 5.78 Å². The lowest BCUT2D eigenvalue weighted by atomic mass is 10.0. The number of carbonyl (C=O) groups excluding carboxylic acids is 1. The molecule has 16 heavy (non-hydrogen) atoms. The van der Waals surface area contributed by atoms with Crippen LogP contribution in [0.4, 0.5) is 5.69 Å². The molecule has 0 atom stereocenters. The third kappa shape index (κ3) is 1.73. The number of para-hydroxylation sites is 1. The van der Waals surface area contributed by atoms with Crippen LogP contribution in [0.15, 0.2) is 24.3 Å². The van der Waals surface area contributed by atoms with E-state index in [-0.39, 0.29) is 5.78 Å². The largest absolute Gasteiger partial charge is 0.618 e. The number of benzene rings is 1. The van der Waals surface area contributed by atoms with E-state index in [0.29, 0.717) is 23.4 Å². The number of Topliss-reactive ketones (excluding diaryl/α,β-unsaturated/α-hetero) is 1. The minimum absolute atomic E-state index is 0.0956. The Morgan fingerprint density at radius 1 is 1.25 bits per heavy atom. The Bertz CT molecular complexity index is 449. The summed E-state index contributed by atoms with van der Waals surface area (Å²) in [6, 6.07) is 6.99. The molecule has 1 aromatic carbocycles. The number of unbranched alkanes of at least 4 members (excludes halogenated alkanes) is 2. The summed E-state index contributed by atoms with van der Waals surface area (Å²) in [7, 11) is 0. The van der Waals surface area contributed by atoms with Gasteiger partial charge in [-0.2, -0.15) is 4.74 Å². The van der Waals surface area contributed by atoms with Gasteiger partial charge in [0.1, 0.15) is 5.56 Å². The molecule has 0 fully saturated rings. The van der Waals surface area contributed by atoms with E-state index >= 15 is 0 Å². The molecule has 0 saturated heterocycles. The van der Waals surface area contributed by atoms with Gasteiger partial charge in [-0.15, -0.1) is 0 Å². The van der Waals surface area contributed by atoms with E-state index in [2.05, 4.69) is 6.92 Å². The maximum absolute atomic E-state index is 11.9. The van der Waals surface area contributed by atoms with Gasteiger partial charge in [0.05, 0.1) is 0 Å². The number of nitrogens with zero attached hydrogens (tertiary/aromatic N) is 1. The van der Waals surface area contributed by atoms with Crippen molar-refractivity contribution in [3.63, 3.8) is 0 Å². The minimum atomic E-state index is -0.0956. The van der Waals surface area contributed by atoms with Gasteiger partial charge in [-0.3, -0.25) is 4.79 Å². The van der Waals surface area contributed by atoms with Crippen molar-refractivity contribution in [1.29, 1.82) is 0 Å². The zero-order valence-electron chi connectivity index (χ0n) is 9.40. The monoisotopic (exact) mass is 217 g/mol. The molecule has 0 aliphatic carbocycles. The van der Waals surface area contributed by atoms with E-state index in [4.69, 9.17) is 0 Å². The third-order valence-electron chi connectivity index (χ3n) is 2.89. The lowest BCUT2D eigenvalue weighted by Gasteiger charge is -2.01. The molecule has 0 bridgehead atoms. The van der Waals surface area contributed by atoms with Crippen molar-refractivity contribution >= 4 is 17.2 Å². The first-order chi connectivity index (χ1) is 7.75. The lowest BCUT2D eigenvalue weighted by Crippen LogP contribution is -2.14. The summed E-state index contributed by atoms with van der Waals surface area (Å²) in [6.45, 7) is 2.10. The molecule has 3 heteroatoms. The molecule has 0 unspecified atom stereocenters. The summed E-state index contributed by atoms with van der Waals surface area (Å²) >= 11 is 0. The second-order valence-electron chi connectivity index (χ2n) is 4.04. The van der Waals surface area contributed by atoms with E-state index in [1.807, 2.05) is 0 Å². The molecule has 1 aliphatic heterocycles. The van der Waals surface area contributed by atoms with Crippen molar-refractivity contribution in [2.75, 3.05) is 0 Å². The van der Waals surface area contributed by atoms with Gasteiger partial charge in [0.15, 0.2) is 0 Å². The van der Waals surface area contributed by atoms with Crippen LogP contribution in [-0.4, -0.2) is 16.2 Å². The van der Waals surface area contributed by atoms with E-state index in [0.717, 1.165) is 24.0 Å². The molecule has 0 amide bonds. The van der Waals surface area contributed by atoms with E-state index in [9.17, 15) is 10.0 Å². The molecular weight excluding hydrogens is 202 g/mol. The number of hydrogen-bond donors (Lipinski definition) is 0. The molecule has 3 nitrogen and oxygen atoms in total. The molecule has 1 heterocycles. The summed E-state index contributed by atoms with van der Waals surface area (Å²) in [6.07, 6.45) is 3.64. The van der Waals surface area contributed by atoms with Crippen molar-refractivity contribution in [2.45, 2.75) is 32.6 Å². The van der Waals surface area contributed by atoms with Gasteiger partial charge >= 0.3 is 0 Å². The number of ketones is 1. The predicted molar refractivity (Wildman–Crippen MR) is 63.2 cm³/mol. The summed E-state index contributed by atoms with van der Waals surface area (Å²) in [4.78, 5) is 11.9. The first-order valence-electron chi connectivity index (χ1n) is 5.72. The van der Waals surface area contributed by atoms with Crippen LogP contribution in [0.5, 0.6) is 0 Å². The summed E-state index contributed by atoms with van der Waals surface area (Å²) in [5, 5.41) is 11.9. The van der Waals surface area contributed by atoms with E-state index < -0.39 is 0 Å². The van der Waals surface area contributed by atoms with Crippen LogP contribution >= 0.6 is 0 Å². The molecule has 0 radical (unpaired) electrons. The Hall–Kier alpha value is -1.64. The fraction of sp³-hybridized carbons (Fsp3) is 0.385. The van der Waals surface area contributed by atoms with Crippen molar-refractivity contribution < 1.29 is 9.53 Å². The highest BCUT2D eigenvalue weighted by Crippen LogP contribution is 2.26. The van der Waals surface area contributed by atoms with Gasteiger partial charge in [-0.05, 0) is 12.5 Å². The molecule has 1 aliphatic rings. The minimum Gasteiger partial charge on any atom is -0.618 e. The van der Waals surface area contributed by atoms with Crippen molar-refractivity contribution in [1.82, 2.24) is 0 Å². The SMILES string of the molecule is CCCCCC1=[N+]([O-])c2ccccc2C1=O. The van der Waals surface area contributed by atoms with Crippen LogP contribution < -0.4 is 0 Å². The Kier molecular flexibility index (Phi) is 3.04. The topological polar surface area (TPSA) is 43.1 Å². The standard InChI is InChI=1S/C13H15NO2/c1-2-3-4-9-12-13(15)10-7-5-6-8-11(10)14(12)16/h5-8H,2-4,9H2,1H3. The highest BCUT2D eigenvalue weighted by Gasteiger charge is 2.33. The number of carbonyl (C=O) groups is 1. The van der Waals surface area contributed by atoms with Crippen molar-refractivity contribution in [3.8, 4) is 0 Å². The highest BCUT2D eigenvalue weighted by molar-refractivity contribution is 6.46. The lowest BCUT2D eigenvalue weighted by molar-refractivity contribution is -0.357. The highest BCUT2D eigenvalue weighted by atomic mass is 16.5. The Balaban J connectivity index is 2.23. The second-order valence-corrected chi connectivity index (χ2v) is 4.04. The van der Waals surface area contributed by atoms with Crippen LogP contribution in [0.25, 0.3) is 0 Å². The summed E-state index contributed by atoms with van der Waals surface area (Å²) in [5.41, 5.74) is 1.44. The van der Waals surface area contributed by atoms with Gasteiger partial charge in [-0.25, -0.2) is 0 Å². The van der Waals surface area contributed by atoms with Gasteiger partial charge in [0, 0.05) is 12.5 Å². The predicted octanol–water partition coefficient (Wildman–Crippen LogP) is 3.05. The maximum atomic E-state index is 11.9. The van der Waals surface area contributed by atoms with Crippen LogP contribution in [-0.2, 0) is 0 Å². The molecule has 0 spiro atoms. The molecule has 2 rings (SSSR count). The quantitative estimate of drug-likeness (QED) is 0.442. The van der Waals surface area contributed by atoms with E-state index in [1.165, 1.54) is 0 Å². The first-order valence-corrected chi connectivity index (χ1v) is 5.72. The van der Waals surface area contributed by atoms with Crippen molar-refractivity contribution in [3.05, 3.63) is 35.0 Å². The number of fused-ring (bicyclic) bond motifs is 1. The fourth-order valence-corrected chi connectivity index (χ4v) is 1.99. The molecule has 1 aromatic rings. The zero-order chi connectivity index (χ0) is 11.5. The Morgan fingerprint density at radius 3 is 2.69 bits per heavy atom. The van der Waals surface area contributed by atoms with Gasteiger partial charge < -0.3 is 5.21 Å². The van der Waals surface area contributed by atoms with Crippen LogP contribution in [0, 0.1) is 5.21 Å². The normalized spacial score (nSPS) is 14.4. The smallest absolute Gasteiger partial charge is 0.260 e. The van der Waals surface area contributed by atoms with Crippen LogP contribution in [0.2, 0.25) is 0 Å². The molecule has 0 saturated carbocycles. The van der Waals surface area contributed by atoms with Crippen LogP contribution in [0.1, 0.15) is 43.0 Å². The Labute approximate surface area is 95.0 Å². The summed E-state index contributed by atoms with van der Waals surface area (Å²) in [5.74, 6) is -0.0956. The molecule has 0 aromatic heterocycles. The fourth-order valence-electron chi connectivity index (χ4n) is 1.99. The number of rotatable bonds is 4. The third-order valence-corrected chi connectivity index (χ3v) is 2.89. The second kappa shape index (κ2) is 4.47. The molecule has 84 valence electrons. The molecular formula is C13H15NO2. The molecule has 0 N–H and O–H groups in total. The van der Waals surface area contributed by atoms with E-state index in [1.54, 1.807) is 24.3 Å². The number of hydrogen-bond acceptors (Lipinski definition) is 2. The average Bonchev–Trinajstić information content (AvgIpc) is 2.55.